The number of rotatable bonds is 4. The Bertz CT molecular complexity index is 138. The lowest BCUT2D eigenvalue weighted by molar-refractivity contribution is 0.157. The van der Waals surface area contributed by atoms with Crippen molar-refractivity contribution in [3.63, 3.8) is 0 Å². The largest absolute Gasteiger partial charge is 0.383 e. The molecule has 72 valence electrons. The molecule has 0 aliphatic carbocycles. The second kappa shape index (κ2) is 4.21. The molecule has 1 unspecified atom stereocenters. The molecule has 1 fully saturated rings. The normalized spacial score (nSPS) is 31.2. The average molecular weight is 172 g/mol. The average Bonchev–Trinajstić information content (AvgIpc) is 2.45. The Morgan fingerprint density at radius 2 is 2.33 bits per heavy atom. The lowest BCUT2D eigenvalue weighted by Crippen LogP contribution is -2.42. The van der Waals surface area contributed by atoms with Gasteiger partial charge in [-0.2, -0.15) is 0 Å². The van der Waals surface area contributed by atoms with Gasteiger partial charge in [0, 0.05) is 32.3 Å². The maximum atomic E-state index is 5.04. The van der Waals surface area contributed by atoms with Crippen molar-refractivity contribution in [3.8, 4) is 0 Å². The van der Waals surface area contributed by atoms with Crippen LogP contribution in [-0.4, -0.2) is 50.8 Å². The van der Waals surface area contributed by atoms with Crippen LogP contribution in [0.2, 0.25) is 0 Å². The van der Waals surface area contributed by atoms with Crippen LogP contribution < -0.4 is 5.32 Å². The predicted molar refractivity (Wildman–Crippen MR) is 50.4 cm³/mol. The second-order valence-corrected chi connectivity index (χ2v) is 3.83. The van der Waals surface area contributed by atoms with E-state index in [4.69, 9.17) is 4.74 Å². The first kappa shape index (κ1) is 9.96. The van der Waals surface area contributed by atoms with E-state index in [0.29, 0.717) is 5.54 Å². The van der Waals surface area contributed by atoms with Gasteiger partial charge in [0.05, 0.1) is 6.61 Å². The number of nitrogens with zero attached hydrogens (tertiary/aromatic N) is 1. The Hall–Kier alpha value is -0.120. The van der Waals surface area contributed by atoms with Gasteiger partial charge >= 0.3 is 0 Å². The lowest BCUT2D eigenvalue weighted by Gasteiger charge is -2.23. The number of likely N-dealkylation sites (N-methyl/N-ethyl adjacent to an activating group) is 1. The van der Waals surface area contributed by atoms with Gasteiger partial charge in [0.2, 0.25) is 0 Å². The molecular weight excluding hydrogens is 152 g/mol. The summed E-state index contributed by atoms with van der Waals surface area (Å²) in [5, 5.41) is 3.36. The molecule has 0 spiro atoms. The van der Waals surface area contributed by atoms with Crippen LogP contribution >= 0.6 is 0 Å². The van der Waals surface area contributed by atoms with Gasteiger partial charge < -0.3 is 10.1 Å². The summed E-state index contributed by atoms with van der Waals surface area (Å²) in [6.45, 7) is 6.53. The molecule has 1 heterocycles. The zero-order valence-electron chi connectivity index (χ0n) is 8.39. The molecule has 1 N–H and O–H groups in total. The van der Waals surface area contributed by atoms with Crippen molar-refractivity contribution in [2.75, 3.05) is 40.4 Å². The molecule has 3 heteroatoms. The van der Waals surface area contributed by atoms with Crippen LogP contribution in [0.3, 0.4) is 0 Å². The van der Waals surface area contributed by atoms with Crippen molar-refractivity contribution >= 4 is 0 Å². The van der Waals surface area contributed by atoms with E-state index in [1.807, 2.05) is 7.05 Å². The SMILES string of the molecule is CNC1(C)CCN(CCOC)C1. The molecule has 1 saturated heterocycles. The molecule has 0 bridgehead atoms. The van der Waals surface area contributed by atoms with Crippen LogP contribution in [0.4, 0.5) is 0 Å². The highest BCUT2D eigenvalue weighted by Crippen LogP contribution is 2.19. The van der Waals surface area contributed by atoms with Gasteiger partial charge in [-0.25, -0.2) is 0 Å². The van der Waals surface area contributed by atoms with Crippen molar-refractivity contribution in [2.45, 2.75) is 18.9 Å². The van der Waals surface area contributed by atoms with E-state index >= 15 is 0 Å². The fraction of sp³-hybridized carbons (Fsp3) is 1.00. The summed E-state index contributed by atoms with van der Waals surface area (Å²) in [6.07, 6.45) is 1.24. The number of ether oxygens (including phenoxy) is 1. The molecule has 0 aromatic carbocycles. The summed E-state index contributed by atoms with van der Waals surface area (Å²) in [5.74, 6) is 0. The third kappa shape index (κ3) is 2.44. The van der Waals surface area contributed by atoms with Gasteiger partial charge in [-0.05, 0) is 20.4 Å². The molecular formula is C9H20N2O. The zero-order chi connectivity index (χ0) is 9.03. The van der Waals surface area contributed by atoms with Crippen LogP contribution in [0.15, 0.2) is 0 Å². The molecule has 0 aromatic heterocycles. The van der Waals surface area contributed by atoms with E-state index in [9.17, 15) is 0 Å². The van der Waals surface area contributed by atoms with Crippen molar-refractivity contribution in [3.05, 3.63) is 0 Å². The minimum Gasteiger partial charge on any atom is -0.383 e. The van der Waals surface area contributed by atoms with Crippen molar-refractivity contribution < 1.29 is 4.74 Å². The summed E-state index contributed by atoms with van der Waals surface area (Å²) >= 11 is 0. The molecule has 1 aliphatic rings. The third-order valence-electron chi connectivity index (χ3n) is 2.77. The molecule has 0 radical (unpaired) electrons. The van der Waals surface area contributed by atoms with E-state index in [0.717, 1.165) is 19.7 Å². The van der Waals surface area contributed by atoms with Gasteiger partial charge in [0.25, 0.3) is 0 Å². The van der Waals surface area contributed by atoms with Crippen LogP contribution in [0.5, 0.6) is 0 Å². The van der Waals surface area contributed by atoms with Gasteiger partial charge in [0.1, 0.15) is 0 Å². The van der Waals surface area contributed by atoms with Gasteiger partial charge in [-0.3, -0.25) is 4.90 Å². The Morgan fingerprint density at radius 1 is 1.58 bits per heavy atom. The summed E-state index contributed by atoms with van der Waals surface area (Å²) in [4.78, 5) is 2.44. The monoisotopic (exact) mass is 172 g/mol. The van der Waals surface area contributed by atoms with Crippen LogP contribution in [0.1, 0.15) is 13.3 Å². The Balaban J connectivity index is 2.25. The fourth-order valence-corrected chi connectivity index (χ4v) is 1.67. The van der Waals surface area contributed by atoms with Gasteiger partial charge in [0.15, 0.2) is 0 Å². The minimum atomic E-state index is 0.327. The van der Waals surface area contributed by atoms with Gasteiger partial charge in [-0.1, -0.05) is 0 Å². The maximum absolute atomic E-state index is 5.04. The zero-order valence-corrected chi connectivity index (χ0v) is 8.39. The molecule has 0 amide bonds. The number of likely N-dealkylation sites (tertiary alicyclic amines) is 1. The predicted octanol–water partition coefficient (Wildman–Crippen LogP) is 0.317. The Kier molecular flexibility index (Phi) is 3.50. The van der Waals surface area contributed by atoms with E-state index in [1.54, 1.807) is 7.11 Å². The number of hydrogen-bond acceptors (Lipinski definition) is 3. The smallest absolute Gasteiger partial charge is 0.0589 e. The summed E-state index contributed by atoms with van der Waals surface area (Å²) in [7, 11) is 3.80. The van der Waals surface area contributed by atoms with Crippen LogP contribution in [0.25, 0.3) is 0 Å². The second-order valence-electron chi connectivity index (χ2n) is 3.83. The first-order valence-electron chi connectivity index (χ1n) is 4.60. The highest BCUT2D eigenvalue weighted by Gasteiger charge is 2.31. The summed E-state index contributed by atoms with van der Waals surface area (Å²) in [6, 6.07) is 0. The first-order valence-corrected chi connectivity index (χ1v) is 4.60. The van der Waals surface area contributed by atoms with E-state index in [2.05, 4.69) is 17.1 Å². The third-order valence-corrected chi connectivity index (χ3v) is 2.77. The van der Waals surface area contributed by atoms with Crippen molar-refractivity contribution in [1.82, 2.24) is 10.2 Å². The van der Waals surface area contributed by atoms with Crippen LogP contribution in [0, 0.1) is 0 Å². The highest BCUT2D eigenvalue weighted by atomic mass is 16.5. The fourth-order valence-electron chi connectivity index (χ4n) is 1.67. The number of methoxy groups -OCH3 is 1. The maximum Gasteiger partial charge on any atom is 0.0589 e. The molecule has 3 nitrogen and oxygen atoms in total. The molecule has 0 aromatic rings. The van der Waals surface area contributed by atoms with Crippen LogP contribution in [-0.2, 0) is 4.74 Å². The molecule has 12 heavy (non-hydrogen) atoms. The number of hydrogen-bond donors (Lipinski definition) is 1. The standard InChI is InChI=1S/C9H20N2O/c1-9(10-2)4-5-11(8-9)6-7-12-3/h10H,4-8H2,1-3H3. The lowest BCUT2D eigenvalue weighted by atomic mass is 10.0. The van der Waals surface area contributed by atoms with E-state index in [-0.39, 0.29) is 0 Å². The topological polar surface area (TPSA) is 24.5 Å². The van der Waals surface area contributed by atoms with E-state index < -0.39 is 0 Å². The summed E-state index contributed by atoms with van der Waals surface area (Å²) < 4.78 is 5.04. The molecule has 1 rings (SSSR count). The Morgan fingerprint density at radius 3 is 2.83 bits per heavy atom. The van der Waals surface area contributed by atoms with E-state index in [1.165, 1.54) is 13.0 Å². The number of nitrogens with one attached hydrogen (secondary N) is 1. The molecule has 1 atom stereocenters. The molecule has 0 saturated carbocycles. The Labute approximate surface area is 75.1 Å². The summed E-state index contributed by atoms with van der Waals surface area (Å²) in [5.41, 5.74) is 0.327. The minimum absolute atomic E-state index is 0.327. The molecule has 1 aliphatic heterocycles. The van der Waals surface area contributed by atoms with Gasteiger partial charge in [-0.15, -0.1) is 0 Å². The van der Waals surface area contributed by atoms with Crippen molar-refractivity contribution in [2.24, 2.45) is 0 Å². The highest BCUT2D eigenvalue weighted by molar-refractivity contribution is 4.92. The quantitative estimate of drug-likeness (QED) is 0.661. The van der Waals surface area contributed by atoms with Crippen molar-refractivity contribution in [1.29, 1.82) is 0 Å². The first-order chi connectivity index (χ1) is 5.70.